The molecule has 0 radical (unpaired) electrons. The Morgan fingerprint density at radius 3 is 2.83 bits per heavy atom. The number of halogens is 1. The first-order valence-electron chi connectivity index (χ1n) is 8.14. The summed E-state index contributed by atoms with van der Waals surface area (Å²) >= 11 is 1.77. The molecule has 0 unspecified atom stereocenters. The predicted molar refractivity (Wildman–Crippen MR) is 104 cm³/mol. The zero-order valence-corrected chi connectivity index (χ0v) is 15.5. The van der Waals surface area contributed by atoms with E-state index in [0.717, 1.165) is 37.2 Å². The van der Waals surface area contributed by atoms with Gasteiger partial charge in [-0.2, -0.15) is 0 Å². The first kappa shape index (κ1) is 18.6. The number of carbonyl (C=O) groups excluding carboxylic acids is 1. The number of nitrogens with one attached hydrogen (secondary N) is 1. The SMILES string of the molecule is CCc1ccc(CNC(=O)CN2CCCc3c(N)cccc32)s1.Cl. The van der Waals surface area contributed by atoms with E-state index in [-0.39, 0.29) is 18.3 Å². The van der Waals surface area contributed by atoms with Crippen LogP contribution in [0.2, 0.25) is 0 Å². The van der Waals surface area contributed by atoms with Gasteiger partial charge in [-0.1, -0.05) is 13.0 Å². The number of nitrogens with two attached hydrogens (primary N) is 1. The molecule has 0 saturated carbocycles. The summed E-state index contributed by atoms with van der Waals surface area (Å²) in [6.45, 7) is 4.06. The summed E-state index contributed by atoms with van der Waals surface area (Å²) in [4.78, 5) is 17.0. The van der Waals surface area contributed by atoms with Crippen LogP contribution in [0.3, 0.4) is 0 Å². The Balaban J connectivity index is 0.00000208. The number of hydrogen-bond acceptors (Lipinski definition) is 4. The third kappa shape index (κ3) is 4.22. The Morgan fingerprint density at radius 2 is 2.08 bits per heavy atom. The fourth-order valence-corrected chi connectivity index (χ4v) is 3.91. The molecule has 6 heteroatoms. The largest absolute Gasteiger partial charge is 0.398 e. The fraction of sp³-hybridized carbons (Fsp3) is 0.389. The minimum Gasteiger partial charge on any atom is -0.398 e. The van der Waals surface area contributed by atoms with Crippen molar-refractivity contribution in [2.75, 3.05) is 23.7 Å². The van der Waals surface area contributed by atoms with Crippen molar-refractivity contribution in [2.24, 2.45) is 0 Å². The second kappa shape index (κ2) is 8.40. The highest BCUT2D eigenvalue weighted by Crippen LogP contribution is 2.30. The number of carbonyl (C=O) groups is 1. The summed E-state index contributed by atoms with van der Waals surface area (Å²) in [5, 5.41) is 3.03. The van der Waals surface area contributed by atoms with Crippen LogP contribution in [0.25, 0.3) is 0 Å². The van der Waals surface area contributed by atoms with E-state index in [2.05, 4.69) is 35.3 Å². The predicted octanol–water partition coefficient (Wildman–Crippen LogP) is 3.38. The zero-order valence-electron chi connectivity index (χ0n) is 13.9. The van der Waals surface area contributed by atoms with Crippen LogP contribution in [-0.4, -0.2) is 19.0 Å². The number of amides is 1. The molecular formula is C18H24ClN3OS. The van der Waals surface area contributed by atoms with Crippen molar-refractivity contribution in [2.45, 2.75) is 32.7 Å². The first-order chi connectivity index (χ1) is 11.2. The van der Waals surface area contributed by atoms with E-state index in [0.29, 0.717) is 13.1 Å². The van der Waals surface area contributed by atoms with Crippen molar-refractivity contribution in [3.63, 3.8) is 0 Å². The van der Waals surface area contributed by atoms with E-state index in [1.807, 2.05) is 12.1 Å². The molecule has 3 rings (SSSR count). The molecule has 0 fully saturated rings. The molecule has 1 aliphatic heterocycles. The van der Waals surface area contributed by atoms with Gasteiger partial charge in [0.25, 0.3) is 0 Å². The van der Waals surface area contributed by atoms with E-state index >= 15 is 0 Å². The molecular weight excluding hydrogens is 342 g/mol. The van der Waals surface area contributed by atoms with E-state index in [1.165, 1.54) is 15.3 Å². The van der Waals surface area contributed by atoms with E-state index < -0.39 is 0 Å². The van der Waals surface area contributed by atoms with Crippen molar-refractivity contribution in [1.29, 1.82) is 0 Å². The van der Waals surface area contributed by atoms with Crippen molar-refractivity contribution in [3.8, 4) is 0 Å². The van der Waals surface area contributed by atoms with Crippen LogP contribution in [0, 0.1) is 0 Å². The summed E-state index contributed by atoms with van der Waals surface area (Å²) in [5.74, 6) is 0.0618. The molecule has 0 spiro atoms. The number of fused-ring (bicyclic) bond motifs is 1. The highest BCUT2D eigenvalue weighted by Gasteiger charge is 2.20. The molecule has 130 valence electrons. The number of hydrogen-bond donors (Lipinski definition) is 2. The Kier molecular flexibility index (Phi) is 6.52. The van der Waals surface area contributed by atoms with Crippen LogP contribution in [-0.2, 0) is 24.2 Å². The van der Waals surface area contributed by atoms with Crippen LogP contribution in [0.15, 0.2) is 30.3 Å². The minimum absolute atomic E-state index is 0. The molecule has 24 heavy (non-hydrogen) atoms. The molecule has 1 aliphatic rings. The smallest absolute Gasteiger partial charge is 0.239 e. The first-order valence-corrected chi connectivity index (χ1v) is 8.95. The molecule has 1 aromatic heterocycles. The van der Waals surface area contributed by atoms with Gasteiger partial charge in [0.05, 0.1) is 13.1 Å². The molecule has 2 heterocycles. The summed E-state index contributed by atoms with van der Waals surface area (Å²) in [5.41, 5.74) is 9.18. The number of nitrogen functional groups attached to an aromatic ring is 1. The molecule has 0 bridgehead atoms. The Hall–Kier alpha value is -1.72. The molecule has 1 aromatic carbocycles. The lowest BCUT2D eigenvalue weighted by molar-refractivity contribution is -0.119. The third-order valence-corrected chi connectivity index (χ3v) is 5.47. The molecule has 2 aromatic rings. The van der Waals surface area contributed by atoms with Gasteiger partial charge in [-0.15, -0.1) is 23.7 Å². The maximum Gasteiger partial charge on any atom is 0.239 e. The van der Waals surface area contributed by atoms with E-state index in [9.17, 15) is 4.79 Å². The van der Waals surface area contributed by atoms with Gasteiger partial charge >= 0.3 is 0 Å². The maximum atomic E-state index is 12.3. The zero-order chi connectivity index (χ0) is 16.2. The van der Waals surface area contributed by atoms with Gasteiger partial charge in [0, 0.05) is 27.7 Å². The molecule has 0 aliphatic carbocycles. The van der Waals surface area contributed by atoms with Crippen molar-refractivity contribution in [1.82, 2.24) is 5.32 Å². The number of benzene rings is 1. The fourth-order valence-electron chi connectivity index (χ4n) is 3.01. The number of anilines is 2. The van der Waals surface area contributed by atoms with Gasteiger partial charge in [-0.25, -0.2) is 0 Å². The number of nitrogens with zero attached hydrogens (tertiary/aromatic N) is 1. The van der Waals surface area contributed by atoms with Crippen LogP contribution in [0.4, 0.5) is 11.4 Å². The minimum atomic E-state index is 0. The summed E-state index contributed by atoms with van der Waals surface area (Å²) in [6, 6.07) is 10.2. The molecule has 0 atom stereocenters. The average molecular weight is 366 g/mol. The van der Waals surface area contributed by atoms with Gasteiger partial charge in [-0.05, 0) is 49.1 Å². The lowest BCUT2D eigenvalue weighted by Gasteiger charge is -2.31. The standard InChI is InChI=1S/C18H23N3OS.ClH/c1-2-13-8-9-14(23-13)11-20-18(22)12-21-10-4-5-15-16(19)6-3-7-17(15)21;/h3,6-9H,2,4-5,10-12,19H2,1H3,(H,20,22);1H. The number of thiophene rings is 1. The quantitative estimate of drug-likeness (QED) is 0.798. The topological polar surface area (TPSA) is 58.4 Å². The highest BCUT2D eigenvalue weighted by atomic mass is 35.5. The van der Waals surface area contributed by atoms with Crippen LogP contribution in [0.5, 0.6) is 0 Å². The second-order valence-electron chi connectivity index (χ2n) is 5.87. The van der Waals surface area contributed by atoms with E-state index in [1.54, 1.807) is 11.3 Å². The van der Waals surface area contributed by atoms with Crippen LogP contribution in [0.1, 0.15) is 28.7 Å². The van der Waals surface area contributed by atoms with Gasteiger partial charge in [-0.3, -0.25) is 4.79 Å². The van der Waals surface area contributed by atoms with Crippen molar-refractivity contribution < 1.29 is 4.79 Å². The molecule has 0 saturated heterocycles. The second-order valence-corrected chi connectivity index (χ2v) is 7.12. The lowest BCUT2D eigenvalue weighted by Crippen LogP contribution is -2.39. The third-order valence-electron chi connectivity index (χ3n) is 4.24. The lowest BCUT2D eigenvalue weighted by atomic mass is 10.00. The van der Waals surface area contributed by atoms with Gasteiger partial charge in [0.15, 0.2) is 0 Å². The van der Waals surface area contributed by atoms with Gasteiger partial charge in [0.2, 0.25) is 5.91 Å². The monoisotopic (exact) mass is 365 g/mol. The van der Waals surface area contributed by atoms with E-state index in [4.69, 9.17) is 5.73 Å². The van der Waals surface area contributed by atoms with Crippen LogP contribution < -0.4 is 16.0 Å². The van der Waals surface area contributed by atoms with Gasteiger partial charge in [0.1, 0.15) is 0 Å². The van der Waals surface area contributed by atoms with Gasteiger partial charge < -0.3 is 16.0 Å². The van der Waals surface area contributed by atoms with Crippen LogP contribution >= 0.6 is 23.7 Å². The molecule has 1 amide bonds. The molecule has 4 nitrogen and oxygen atoms in total. The summed E-state index contributed by atoms with van der Waals surface area (Å²) < 4.78 is 0. The number of aryl methyl sites for hydroxylation is 1. The Bertz CT molecular complexity index is 701. The molecule has 3 N–H and O–H groups in total. The average Bonchev–Trinajstić information content (AvgIpc) is 3.02. The maximum absolute atomic E-state index is 12.3. The van der Waals surface area contributed by atoms with Crippen molar-refractivity contribution >= 4 is 41.0 Å². The normalized spacial score (nSPS) is 13.1. The number of rotatable bonds is 5. The van der Waals surface area contributed by atoms with Crippen molar-refractivity contribution in [3.05, 3.63) is 45.6 Å². The Labute approximate surface area is 153 Å². The summed E-state index contributed by atoms with van der Waals surface area (Å²) in [7, 11) is 0. The Morgan fingerprint density at radius 1 is 1.29 bits per heavy atom. The summed E-state index contributed by atoms with van der Waals surface area (Å²) in [6.07, 6.45) is 3.08. The highest BCUT2D eigenvalue weighted by molar-refractivity contribution is 7.11.